The molecule has 5 heteroatoms. The molecule has 0 saturated carbocycles. The highest BCUT2D eigenvalue weighted by Gasteiger charge is 2.10. The third kappa shape index (κ3) is 3.43. The van der Waals surface area contributed by atoms with Gasteiger partial charge in [-0.2, -0.15) is 0 Å². The molecule has 1 aromatic heterocycles. The van der Waals surface area contributed by atoms with Crippen molar-refractivity contribution in [3.63, 3.8) is 0 Å². The Hall–Kier alpha value is -2.11. The Bertz CT molecular complexity index is 589. The number of hydrogen-bond donors (Lipinski definition) is 2. The van der Waals surface area contributed by atoms with Gasteiger partial charge < -0.3 is 19.4 Å². The lowest BCUT2D eigenvalue weighted by molar-refractivity contribution is 0.0878. The van der Waals surface area contributed by atoms with Gasteiger partial charge in [0, 0.05) is 6.07 Å². The number of rotatable bonds is 5. The third-order valence-electron chi connectivity index (χ3n) is 2.54. The van der Waals surface area contributed by atoms with Crippen LogP contribution in [0.5, 0.6) is 5.75 Å². The fourth-order valence-electron chi connectivity index (χ4n) is 1.61. The van der Waals surface area contributed by atoms with E-state index in [4.69, 9.17) is 14.3 Å². The summed E-state index contributed by atoms with van der Waals surface area (Å²) in [5, 5.41) is 18.3. The van der Waals surface area contributed by atoms with Crippen LogP contribution in [0.15, 0.2) is 45.6 Å². The van der Waals surface area contributed by atoms with Crippen molar-refractivity contribution >= 4 is 0 Å². The van der Waals surface area contributed by atoms with Gasteiger partial charge in [0.05, 0.1) is 6.61 Å². The number of aliphatic hydroxyl groups is 1. The Kier molecular flexibility index (Phi) is 4.33. The minimum atomic E-state index is -0.589. The van der Waals surface area contributed by atoms with E-state index < -0.39 is 17.8 Å². The van der Waals surface area contributed by atoms with Crippen molar-refractivity contribution in [3.8, 4) is 5.75 Å². The Morgan fingerprint density at radius 3 is 2.58 bits per heavy atom. The first-order chi connectivity index (χ1) is 9.20. The quantitative estimate of drug-likeness (QED) is 0.854. The van der Waals surface area contributed by atoms with Crippen molar-refractivity contribution in [3.05, 3.63) is 63.7 Å². The Labute approximate surface area is 109 Å². The standard InChI is InChI=1S/C14H14O5/c15-7-13-14(17)12(16)6-11(19-13)9-18-8-10-4-2-1-3-5-10/h1-6,15,17H,7-9H2. The first kappa shape index (κ1) is 13.3. The van der Waals surface area contributed by atoms with Gasteiger partial charge in [-0.15, -0.1) is 0 Å². The lowest BCUT2D eigenvalue weighted by atomic mass is 10.2. The molecule has 0 fully saturated rings. The highest BCUT2D eigenvalue weighted by Crippen LogP contribution is 2.14. The van der Waals surface area contributed by atoms with E-state index in [9.17, 15) is 9.90 Å². The summed E-state index contributed by atoms with van der Waals surface area (Å²) in [6, 6.07) is 10.7. The number of aliphatic hydroxyl groups excluding tert-OH is 1. The van der Waals surface area contributed by atoms with E-state index in [1.54, 1.807) is 0 Å². The lowest BCUT2D eigenvalue weighted by Crippen LogP contribution is -2.06. The van der Waals surface area contributed by atoms with Crippen LogP contribution < -0.4 is 5.43 Å². The van der Waals surface area contributed by atoms with Crippen LogP contribution in [0.1, 0.15) is 17.1 Å². The molecule has 0 aliphatic heterocycles. The molecule has 0 aliphatic rings. The Morgan fingerprint density at radius 2 is 1.89 bits per heavy atom. The van der Waals surface area contributed by atoms with Crippen molar-refractivity contribution in [1.29, 1.82) is 0 Å². The van der Waals surface area contributed by atoms with E-state index in [1.165, 1.54) is 0 Å². The first-order valence-electron chi connectivity index (χ1n) is 5.78. The monoisotopic (exact) mass is 262 g/mol. The largest absolute Gasteiger partial charge is 0.502 e. The summed E-state index contributed by atoms with van der Waals surface area (Å²) in [5.74, 6) is -0.442. The zero-order valence-corrected chi connectivity index (χ0v) is 10.2. The van der Waals surface area contributed by atoms with Gasteiger partial charge in [0.25, 0.3) is 0 Å². The second-order valence-corrected chi connectivity index (χ2v) is 3.99. The van der Waals surface area contributed by atoms with Crippen LogP contribution in [0.25, 0.3) is 0 Å². The van der Waals surface area contributed by atoms with Gasteiger partial charge in [0.2, 0.25) is 11.2 Å². The maximum absolute atomic E-state index is 11.4. The number of aromatic hydroxyl groups is 1. The predicted octanol–water partition coefficient (Wildman–Crippen LogP) is 1.55. The molecule has 0 saturated heterocycles. The molecule has 0 unspecified atom stereocenters. The van der Waals surface area contributed by atoms with Gasteiger partial charge in [-0.25, -0.2) is 0 Å². The summed E-state index contributed by atoms with van der Waals surface area (Å²) in [6.07, 6.45) is 0. The van der Waals surface area contributed by atoms with E-state index in [-0.39, 0.29) is 18.1 Å². The van der Waals surface area contributed by atoms with E-state index in [0.29, 0.717) is 6.61 Å². The zero-order chi connectivity index (χ0) is 13.7. The van der Waals surface area contributed by atoms with E-state index >= 15 is 0 Å². The molecule has 1 aromatic carbocycles. The van der Waals surface area contributed by atoms with Gasteiger partial charge >= 0.3 is 0 Å². The molecular formula is C14H14O5. The summed E-state index contributed by atoms with van der Waals surface area (Å²) < 4.78 is 10.6. The van der Waals surface area contributed by atoms with E-state index in [0.717, 1.165) is 11.6 Å². The summed E-state index contributed by atoms with van der Waals surface area (Å²) in [7, 11) is 0. The fraction of sp³-hybridized carbons (Fsp3) is 0.214. The molecular weight excluding hydrogens is 248 g/mol. The van der Waals surface area contributed by atoms with Gasteiger partial charge in [-0.05, 0) is 5.56 Å². The van der Waals surface area contributed by atoms with Crippen molar-refractivity contribution in [2.24, 2.45) is 0 Å². The lowest BCUT2D eigenvalue weighted by Gasteiger charge is -2.06. The van der Waals surface area contributed by atoms with Crippen molar-refractivity contribution in [1.82, 2.24) is 0 Å². The molecule has 0 bridgehead atoms. The minimum absolute atomic E-state index is 0.0947. The van der Waals surface area contributed by atoms with Crippen LogP contribution in [0.3, 0.4) is 0 Å². The smallest absolute Gasteiger partial charge is 0.227 e. The van der Waals surface area contributed by atoms with Gasteiger partial charge in [-0.1, -0.05) is 30.3 Å². The predicted molar refractivity (Wildman–Crippen MR) is 67.5 cm³/mol. The second kappa shape index (κ2) is 6.17. The molecule has 0 aliphatic carbocycles. The Balaban J connectivity index is 2.00. The van der Waals surface area contributed by atoms with E-state index in [2.05, 4.69) is 0 Å². The minimum Gasteiger partial charge on any atom is -0.502 e. The zero-order valence-electron chi connectivity index (χ0n) is 10.2. The number of ether oxygens (including phenoxy) is 1. The van der Waals surface area contributed by atoms with Crippen molar-refractivity contribution in [2.75, 3.05) is 0 Å². The van der Waals surface area contributed by atoms with E-state index in [1.807, 2.05) is 30.3 Å². The molecule has 2 N–H and O–H groups in total. The molecule has 19 heavy (non-hydrogen) atoms. The molecule has 0 amide bonds. The van der Waals surface area contributed by atoms with Crippen LogP contribution in [-0.2, 0) is 24.6 Å². The molecule has 5 nitrogen and oxygen atoms in total. The maximum Gasteiger partial charge on any atom is 0.227 e. The molecule has 0 spiro atoms. The van der Waals surface area contributed by atoms with Crippen LogP contribution in [0, 0.1) is 0 Å². The average molecular weight is 262 g/mol. The number of benzene rings is 1. The molecule has 2 rings (SSSR count). The topological polar surface area (TPSA) is 79.9 Å². The van der Waals surface area contributed by atoms with Crippen LogP contribution >= 0.6 is 0 Å². The van der Waals surface area contributed by atoms with Crippen LogP contribution in [0.4, 0.5) is 0 Å². The third-order valence-corrected chi connectivity index (χ3v) is 2.54. The molecule has 0 atom stereocenters. The average Bonchev–Trinajstić information content (AvgIpc) is 2.43. The van der Waals surface area contributed by atoms with Gasteiger partial charge in [-0.3, -0.25) is 4.79 Å². The summed E-state index contributed by atoms with van der Waals surface area (Å²) in [5.41, 5.74) is 0.416. The van der Waals surface area contributed by atoms with Gasteiger partial charge in [0.1, 0.15) is 19.0 Å². The first-order valence-corrected chi connectivity index (χ1v) is 5.78. The van der Waals surface area contributed by atoms with Crippen molar-refractivity contribution < 1.29 is 19.4 Å². The van der Waals surface area contributed by atoms with Crippen molar-refractivity contribution in [2.45, 2.75) is 19.8 Å². The van der Waals surface area contributed by atoms with Gasteiger partial charge in [0.15, 0.2) is 5.76 Å². The molecule has 2 aromatic rings. The van der Waals surface area contributed by atoms with Crippen LogP contribution in [-0.4, -0.2) is 10.2 Å². The second-order valence-electron chi connectivity index (χ2n) is 3.99. The number of hydrogen-bond acceptors (Lipinski definition) is 5. The fourth-order valence-corrected chi connectivity index (χ4v) is 1.61. The molecule has 100 valence electrons. The summed E-state index contributed by atoms with van der Waals surface area (Å²) in [4.78, 5) is 11.4. The Morgan fingerprint density at radius 1 is 1.16 bits per heavy atom. The molecule has 0 radical (unpaired) electrons. The normalized spacial score (nSPS) is 10.6. The SMILES string of the molecule is O=c1cc(COCc2ccccc2)oc(CO)c1O. The summed E-state index contributed by atoms with van der Waals surface area (Å²) in [6.45, 7) is -0.0507. The highest BCUT2D eigenvalue weighted by molar-refractivity contribution is 5.24. The summed E-state index contributed by atoms with van der Waals surface area (Å²) >= 11 is 0. The molecule has 1 heterocycles. The highest BCUT2D eigenvalue weighted by atomic mass is 16.5. The maximum atomic E-state index is 11.4. The van der Waals surface area contributed by atoms with Crippen LogP contribution in [0.2, 0.25) is 0 Å².